The van der Waals surface area contributed by atoms with Crippen LogP contribution in [0.4, 0.5) is 23.5 Å². The van der Waals surface area contributed by atoms with E-state index in [1.807, 2.05) is 48.5 Å². The van der Waals surface area contributed by atoms with Crippen LogP contribution in [0.15, 0.2) is 59.7 Å². The molecule has 2 heterocycles. The van der Waals surface area contributed by atoms with E-state index in [2.05, 4.69) is 48.7 Å². The van der Waals surface area contributed by atoms with Crippen molar-refractivity contribution in [1.29, 1.82) is 0 Å². The summed E-state index contributed by atoms with van der Waals surface area (Å²) in [6.45, 7) is 3.97. The van der Waals surface area contributed by atoms with Crippen LogP contribution in [0, 0.1) is 6.92 Å². The van der Waals surface area contributed by atoms with Crippen LogP contribution in [0.25, 0.3) is 0 Å². The Labute approximate surface area is 164 Å². The molecule has 0 unspecified atom stereocenters. The molecule has 0 radical (unpaired) electrons. The molecule has 1 aromatic heterocycles. The topological polar surface area (TPSA) is 78.3 Å². The van der Waals surface area contributed by atoms with Crippen molar-refractivity contribution >= 4 is 29.7 Å². The van der Waals surface area contributed by atoms with Gasteiger partial charge in [0.25, 0.3) is 0 Å². The summed E-state index contributed by atoms with van der Waals surface area (Å²) >= 11 is 0. The second-order valence-electron chi connectivity index (χ2n) is 6.69. The number of nitrogens with zero attached hydrogens (tertiary/aromatic N) is 5. The first kappa shape index (κ1) is 17.9. The second-order valence-corrected chi connectivity index (χ2v) is 6.69. The van der Waals surface area contributed by atoms with Crippen LogP contribution in [0.5, 0.6) is 0 Å². The molecule has 0 atom stereocenters. The average molecular weight is 373 g/mol. The van der Waals surface area contributed by atoms with Gasteiger partial charge in [0, 0.05) is 18.8 Å². The maximum atomic E-state index is 4.59. The van der Waals surface area contributed by atoms with E-state index in [-0.39, 0.29) is 0 Å². The minimum absolute atomic E-state index is 0.417. The van der Waals surface area contributed by atoms with E-state index in [9.17, 15) is 0 Å². The third-order valence-corrected chi connectivity index (χ3v) is 4.60. The van der Waals surface area contributed by atoms with Gasteiger partial charge >= 0.3 is 0 Å². The number of anilines is 4. The van der Waals surface area contributed by atoms with Gasteiger partial charge in [0.2, 0.25) is 17.8 Å². The van der Waals surface area contributed by atoms with Gasteiger partial charge in [-0.2, -0.15) is 20.1 Å². The molecule has 3 aromatic rings. The summed E-state index contributed by atoms with van der Waals surface area (Å²) in [5.41, 5.74) is 6.09. The van der Waals surface area contributed by atoms with Crippen molar-refractivity contribution in [2.24, 2.45) is 5.10 Å². The van der Waals surface area contributed by atoms with Crippen LogP contribution in [-0.4, -0.2) is 34.3 Å². The van der Waals surface area contributed by atoms with Gasteiger partial charge in [-0.1, -0.05) is 42.5 Å². The normalized spacial score (nSPS) is 13.8. The van der Waals surface area contributed by atoms with Gasteiger partial charge in [-0.05, 0) is 43.0 Å². The monoisotopic (exact) mass is 373 g/mol. The van der Waals surface area contributed by atoms with Crippen LogP contribution in [0.1, 0.15) is 24.0 Å². The van der Waals surface area contributed by atoms with Gasteiger partial charge in [0.1, 0.15) is 0 Å². The number of hydrogen-bond donors (Lipinski definition) is 2. The number of para-hydroxylation sites is 1. The molecule has 28 heavy (non-hydrogen) atoms. The molecular formula is C21H23N7. The molecule has 4 rings (SSSR count). The molecule has 1 saturated heterocycles. The highest BCUT2D eigenvalue weighted by Gasteiger charge is 2.17. The molecule has 1 aliphatic heterocycles. The molecule has 142 valence electrons. The number of nitrogens with one attached hydrogen (secondary N) is 2. The van der Waals surface area contributed by atoms with Crippen molar-refractivity contribution in [2.45, 2.75) is 19.8 Å². The summed E-state index contributed by atoms with van der Waals surface area (Å²) in [5, 5.41) is 7.56. The molecule has 0 spiro atoms. The van der Waals surface area contributed by atoms with Gasteiger partial charge in [-0.15, -0.1) is 0 Å². The SMILES string of the molecule is Cc1ccccc1/C=N\Nc1nc(Nc2ccccc2)nc(N2CCCC2)n1. The number of hydrogen-bond acceptors (Lipinski definition) is 7. The Balaban J connectivity index is 1.57. The van der Waals surface area contributed by atoms with Crippen molar-refractivity contribution < 1.29 is 0 Å². The Morgan fingerprint density at radius 3 is 2.39 bits per heavy atom. The maximum absolute atomic E-state index is 4.59. The molecule has 0 saturated carbocycles. The van der Waals surface area contributed by atoms with E-state index in [4.69, 9.17) is 0 Å². The van der Waals surface area contributed by atoms with E-state index in [1.54, 1.807) is 6.21 Å². The molecule has 1 fully saturated rings. The Kier molecular flexibility index (Phi) is 5.42. The quantitative estimate of drug-likeness (QED) is 0.503. The van der Waals surface area contributed by atoms with Crippen LogP contribution in [-0.2, 0) is 0 Å². The first-order valence-electron chi connectivity index (χ1n) is 9.46. The Morgan fingerprint density at radius 1 is 0.893 bits per heavy atom. The lowest BCUT2D eigenvalue weighted by molar-refractivity contribution is 0.883. The Bertz CT molecular complexity index is 950. The highest BCUT2D eigenvalue weighted by atomic mass is 15.4. The van der Waals surface area contributed by atoms with E-state index in [1.165, 1.54) is 0 Å². The third kappa shape index (κ3) is 4.43. The zero-order chi connectivity index (χ0) is 19.2. The van der Waals surface area contributed by atoms with E-state index in [0.29, 0.717) is 17.8 Å². The van der Waals surface area contributed by atoms with Gasteiger partial charge < -0.3 is 10.2 Å². The highest BCUT2D eigenvalue weighted by molar-refractivity contribution is 5.81. The Morgan fingerprint density at radius 2 is 1.61 bits per heavy atom. The third-order valence-electron chi connectivity index (χ3n) is 4.60. The summed E-state index contributed by atoms with van der Waals surface area (Å²) in [5.74, 6) is 1.58. The number of aryl methyl sites for hydroxylation is 1. The fourth-order valence-corrected chi connectivity index (χ4v) is 3.07. The minimum Gasteiger partial charge on any atom is -0.341 e. The Hall–Kier alpha value is -3.48. The first-order valence-corrected chi connectivity index (χ1v) is 9.46. The van der Waals surface area contributed by atoms with Crippen LogP contribution in [0.2, 0.25) is 0 Å². The molecule has 0 aliphatic carbocycles. The number of benzene rings is 2. The molecule has 2 N–H and O–H groups in total. The zero-order valence-corrected chi connectivity index (χ0v) is 15.8. The predicted octanol–water partition coefficient (Wildman–Crippen LogP) is 3.97. The lowest BCUT2D eigenvalue weighted by Gasteiger charge is -2.16. The van der Waals surface area contributed by atoms with Crippen molar-refractivity contribution in [3.8, 4) is 0 Å². The molecule has 7 heteroatoms. The fourth-order valence-electron chi connectivity index (χ4n) is 3.07. The fraction of sp³-hybridized carbons (Fsp3) is 0.238. The first-order chi connectivity index (χ1) is 13.8. The average Bonchev–Trinajstić information content (AvgIpc) is 3.25. The largest absolute Gasteiger partial charge is 0.341 e. The molecule has 7 nitrogen and oxygen atoms in total. The lowest BCUT2D eigenvalue weighted by Crippen LogP contribution is -2.21. The van der Waals surface area contributed by atoms with Crippen LogP contribution < -0.4 is 15.6 Å². The summed E-state index contributed by atoms with van der Waals surface area (Å²) in [6.07, 6.45) is 4.08. The molecule has 0 bridgehead atoms. The molecular weight excluding hydrogens is 350 g/mol. The van der Waals surface area contributed by atoms with Crippen LogP contribution in [0.3, 0.4) is 0 Å². The smallest absolute Gasteiger partial charge is 0.250 e. The number of hydrazone groups is 1. The van der Waals surface area contributed by atoms with E-state index < -0.39 is 0 Å². The summed E-state index contributed by atoms with van der Waals surface area (Å²) < 4.78 is 0. The van der Waals surface area contributed by atoms with Crippen molar-refractivity contribution in [1.82, 2.24) is 15.0 Å². The zero-order valence-electron chi connectivity index (χ0n) is 15.8. The molecule has 2 aromatic carbocycles. The van der Waals surface area contributed by atoms with Gasteiger partial charge in [0.05, 0.1) is 6.21 Å². The maximum Gasteiger partial charge on any atom is 0.250 e. The van der Waals surface area contributed by atoms with Crippen molar-refractivity contribution in [3.05, 3.63) is 65.7 Å². The lowest BCUT2D eigenvalue weighted by atomic mass is 10.1. The minimum atomic E-state index is 0.417. The summed E-state index contributed by atoms with van der Waals surface area (Å²) in [7, 11) is 0. The van der Waals surface area contributed by atoms with E-state index in [0.717, 1.165) is 42.7 Å². The van der Waals surface area contributed by atoms with Gasteiger partial charge in [-0.3, -0.25) is 0 Å². The second kappa shape index (κ2) is 8.47. The predicted molar refractivity (Wildman–Crippen MR) is 113 cm³/mol. The molecule has 1 aliphatic rings. The summed E-state index contributed by atoms with van der Waals surface area (Å²) in [6, 6.07) is 17.9. The highest BCUT2D eigenvalue weighted by Crippen LogP contribution is 2.20. The van der Waals surface area contributed by atoms with E-state index >= 15 is 0 Å². The molecule has 0 amide bonds. The van der Waals surface area contributed by atoms with Gasteiger partial charge in [-0.25, -0.2) is 5.43 Å². The number of rotatable bonds is 6. The van der Waals surface area contributed by atoms with Crippen LogP contribution >= 0.6 is 0 Å². The summed E-state index contributed by atoms with van der Waals surface area (Å²) in [4.78, 5) is 15.8. The number of aromatic nitrogens is 3. The van der Waals surface area contributed by atoms with Crippen molar-refractivity contribution in [3.63, 3.8) is 0 Å². The van der Waals surface area contributed by atoms with Crippen molar-refractivity contribution in [2.75, 3.05) is 28.7 Å². The van der Waals surface area contributed by atoms with Gasteiger partial charge in [0.15, 0.2) is 0 Å². The standard InChI is InChI=1S/C21H23N7/c1-16-9-5-6-10-17(16)15-22-27-20-24-19(23-18-11-3-2-4-12-18)25-21(26-20)28-13-7-8-14-28/h2-6,9-12,15H,7-8,13-14H2,1H3,(H2,23,24,25,26,27)/b22-15-.